The molecule has 0 fully saturated rings. The van der Waals surface area contributed by atoms with E-state index < -0.39 is 71.0 Å². The van der Waals surface area contributed by atoms with Crippen molar-refractivity contribution in [2.45, 2.75) is 25.0 Å². The monoisotopic (exact) mass is 514 g/mol. The van der Waals surface area contributed by atoms with E-state index in [0.717, 1.165) is 18.9 Å². The molecule has 34 heavy (non-hydrogen) atoms. The lowest BCUT2D eigenvalue weighted by Gasteiger charge is -2.17. The zero-order valence-corrected chi connectivity index (χ0v) is 18.5. The number of nitrogens with one attached hydrogen (secondary N) is 2. The third kappa shape index (κ3) is 15.0. The van der Waals surface area contributed by atoms with Gasteiger partial charge >= 0.3 is 23.9 Å². The Bertz CT molecular complexity index is 745. The van der Waals surface area contributed by atoms with Gasteiger partial charge in [-0.15, -0.1) is 20.2 Å². The fourth-order valence-corrected chi connectivity index (χ4v) is 2.79. The quantitative estimate of drug-likeness (QED) is 0.0607. The maximum Gasteiger partial charge on any atom is 0.375 e. The maximum absolute atomic E-state index is 11.9. The largest absolute Gasteiger partial charge is 0.481 e. The highest BCUT2D eigenvalue weighted by Crippen LogP contribution is 2.07. The Hall–Kier alpha value is -3.90. The van der Waals surface area contributed by atoms with E-state index >= 15 is 0 Å². The fraction of sp³-hybridized carbons (Fsp3) is 0.667. The number of esters is 2. The molecule has 0 unspecified atom stereocenters. The number of carbonyl (C=O) groups is 5. The van der Waals surface area contributed by atoms with Crippen molar-refractivity contribution in [1.82, 2.24) is 10.6 Å². The van der Waals surface area contributed by atoms with Gasteiger partial charge in [-0.1, -0.05) is 0 Å². The lowest BCUT2D eigenvalue weighted by molar-refractivity contribution is -0.768. The summed E-state index contributed by atoms with van der Waals surface area (Å²) in [6, 6.07) is -2.03. The number of hydrogen-bond acceptors (Lipinski definition) is 14. The number of ether oxygens (including phenoxy) is 2. The number of aliphatic carboxylic acids is 1. The molecule has 0 radical (unpaired) electrons. The lowest BCUT2D eigenvalue weighted by Crippen LogP contribution is -2.48. The van der Waals surface area contributed by atoms with E-state index in [0.29, 0.717) is 0 Å². The number of hydrogen-bond donors (Lipinski definition) is 3. The molecule has 192 valence electrons. The minimum atomic E-state index is -1.63. The Morgan fingerprint density at radius 2 is 1.65 bits per heavy atom. The second kappa shape index (κ2) is 16.7. The van der Waals surface area contributed by atoms with Gasteiger partial charge in [-0.3, -0.25) is 9.59 Å². The maximum atomic E-state index is 11.9. The van der Waals surface area contributed by atoms with Crippen molar-refractivity contribution in [1.29, 1.82) is 0 Å². The fourth-order valence-electron chi connectivity index (χ4n) is 1.91. The molecule has 0 aliphatic rings. The molecule has 2 amide bonds. The molecule has 0 aromatic rings. The van der Waals surface area contributed by atoms with Crippen LogP contribution in [0.3, 0.4) is 0 Å². The second-order valence-electron chi connectivity index (χ2n) is 5.98. The zero-order valence-electron chi connectivity index (χ0n) is 17.7. The third-order valence-corrected chi connectivity index (χ3v) is 4.43. The summed E-state index contributed by atoms with van der Waals surface area (Å²) in [5.41, 5.74) is 0. The van der Waals surface area contributed by atoms with Crippen LogP contribution in [-0.2, 0) is 38.3 Å². The molecular formula is C15H22N4O14S. The topological polar surface area (TPSA) is 253 Å². The van der Waals surface area contributed by atoms with Crippen LogP contribution in [0.1, 0.15) is 12.8 Å². The van der Waals surface area contributed by atoms with Crippen LogP contribution >= 0.6 is 11.8 Å². The van der Waals surface area contributed by atoms with E-state index in [2.05, 4.69) is 29.8 Å². The highest BCUT2D eigenvalue weighted by Gasteiger charge is 2.26. The molecule has 18 nitrogen and oxygen atoms in total. The van der Waals surface area contributed by atoms with Gasteiger partial charge in [0, 0.05) is 18.7 Å². The molecule has 0 spiro atoms. The van der Waals surface area contributed by atoms with Crippen LogP contribution in [0.25, 0.3) is 0 Å². The Kier molecular flexibility index (Phi) is 14.8. The van der Waals surface area contributed by atoms with E-state index in [9.17, 15) is 44.2 Å². The second-order valence-corrected chi connectivity index (χ2v) is 7.01. The number of ketones is 1. The number of methoxy groups -OCH3 is 1. The molecule has 0 saturated carbocycles. The van der Waals surface area contributed by atoms with Gasteiger partial charge in [0.2, 0.25) is 5.78 Å². The molecule has 0 saturated heterocycles. The molecule has 0 aliphatic heterocycles. The molecule has 0 aliphatic carbocycles. The van der Waals surface area contributed by atoms with Crippen LogP contribution in [0.2, 0.25) is 0 Å². The van der Waals surface area contributed by atoms with Crippen molar-refractivity contribution >= 4 is 41.5 Å². The van der Waals surface area contributed by atoms with Crippen molar-refractivity contribution in [3.63, 3.8) is 0 Å². The number of amides is 2. The van der Waals surface area contributed by atoms with Gasteiger partial charge in [0.15, 0.2) is 0 Å². The lowest BCUT2D eigenvalue weighted by atomic mass is 10.3. The number of rotatable bonds is 18. The van der Waals surface area contributed by atoms with E-state index in [1.165, 1.54) is 0 Å². The van der Waals surface area contributed by atoms with Crippen molar-refractivity contribution in [2.24, 2.45) is 0 Å². The van der Waals surface area contributed by atoms with Gasteiger partial charge < -0.3 is 34.9 Å². The number of carbonyl (C=O) groups excluding carboxylic acids is 4. The third-order valence-electron chi connectivity index (χ3n) is 3.39. The zero-order chi connectivity index (χ0) is 26.1. The van der Waals surface area contributed by atoms with Gasteiger partial charge in [0.05, 0.1) is 12.9 Å². The first-order chi connectivity index (χ1) is 16.0. The summed E-state index contributed by atoms with van der Waals surface area (Å²) >= 11 is 0.729. The average molecular weight is 514 g/mol. The highest BCUT2D eigenvalue weighted by molar-refractivity contribution is 8.00. The average Bonchev–Trinajstić information content (AvgIpc) is 2.76. The Balaban J connectivity index is 4.65. The first kappa shape index (κ1) is 30.1. The summed E-state index contributed by atoms with van der Waals surface area (Å²) < 4.78 is 9.14. The summed E-state index contributed by atoms with van der Waals surface area (Å²) in [7, 11) is 1.05. The minimum Gasteiger partial charge on any atom is -0.481 e. The summed E-state index contributed by atoms with van der Waals surface area (Å²) in [5, 5.41) is 31.1. The number of Topliss-reactive ketones (excluding diaryl/α,β-unsaturated/α-hetero) is 1. The normalized spacial score (nSPS) is 11.0. The van der Waals surface area contributed by atoms with E-state index in [1.807, 2.05) is 0 Å². The van der Waals surface area contributed by atoms with Gasteiger partial charge in [0.25, 0.3) is 10.2 Å². The summed E-state index contributed by atoms with van der Waals surface area (Å²) in [4.78, 5) is 86.2. The molecule has 0 heterocycles. The van der Waals surface area contributed by atoms with Crippen LogP contribution in [-0.4, -0.2) is 95.5 Å². The van der Waals surface area contributed by atoms with Gasteiger partial charge in [-0.2, -0.15) is 11.8 Å². The number of thioether (sulfide) groups is 1. The minimum absolute atomic E-state index is 0.0188. The van der Waals surface area contributed by atoms with Crippen molar-refractivity contribution < 1.29 is 58.4 Å². The van der Waals surface area contributed by atoms with Crippen LogP contribution in [0.4, 0.5) is 4.79 Å². The van der Waals surface area contributed by atoms with Crippen molar-refractivity contribution in [2.75, 3.05) is 38.4 Å². The molecule has 0 aromatic heterocycles. The number of carboxylic acid groups (broad SMARTS) is 1. The van der Waals surface area contributed by atoms with E-state index in [1.54, 1.807) is 0 Å². The first-order valence-corrected chi connectivity index (χ1v) is 10.3. The summed E-state index contributed by atoms with van der Waals surface area (Å²) in [5.74, 6) is -5.32. The SMILES string of the molecule is COC(=O)[C@H](CSCC(=O)C(=O)OC(CO[N+](=O)[O-])CO[N+](=O)[O-])NC(=O)NCCCC(=O)O. The van der Waals surface area contributed by atoms with Gasteiger partial charge in [0.1, 0.15) is 25.4 Å². The Morgan fingerprint density at radius 1 is 1.06 bits per heavy atom. The summed E-state index contributed by atoms with van der Waals surface area (Å²) in [6.45, 7) is -1.84. The molecule has 0 bridgehead atoms. The Labute approximate surface area is 194 Å². The van der Waals surface area contributed by atoms with Gasteiger partial charge in [-0.05, 0) is 6.42 Å². The van der Waals surface area contributed by atoms with Crippen LogP contribution in [0.15, 0.2) is 0 Å². The first-order valence-electron chi connectivity index (χ1n) is 9.16. The van der Waals surface area contributed by atoms with Gasteiger partial charge in [-0.25, -0.2) is 14.4 Å². The standard InChI is InChI=1S/C15H22N4O14S/c1-30-13(23)10(17-15(25)16-4-2-3-12(21)22)7-34-8-11(20)14(24)33-9(5-31-18(26)27)6-32-19(28)29/h9-10H,2-8H2,1H3,(H,21,22)(H2,16,17,25)/t10-/m0/s1. The van der Waals surface area contributed by atoms with Crippen LogP contribution in [0.5, 0.6) is 0 Å². The molecular weight excluding hydrogens is 492 g/mol. The van der Waals surface area contributed by atoms with Crippen molar-refractivity contribution in [3.05, 3.63) is 20.2 Å². The predicted molar refractivity (Wildman–Crippen MR) is 107 cm³/mol. The molecule has 0 rings (SSSR count). The number of carboxylic acids is 1. The number of nitrogens with zero attached hydrogens (tertiary/aromatic N) is 2. The summed E-state index contributed by atoms with van der Waals surface area (Å²) in [6.07, 6.45) is -1.66. The Morgan fingerprint density at radius 3 is 2.15 bits per heavy atom. The highest BCUT2D eigenvalue weighted by atomic mass is 32.2. The smallest absolute Gasteiger partial charge is 0.375 e. The molecule has 19 heteroatoms. The van der Waals surface area contributed by atoms with E-state index in [-0.39, 0.29) is 25.1 Å². The van der Waals surface area contributed by atoms with Crippen molar-refractivity contribution in [3.8, 4) is 0 Å². The predicted octanol–water partition coefficient (Wildman–Crippen LogP) is -1.68. The van der Waals surface area contributed by atoms with Crippen LogP contribution in [0, 0.1) is 20.2 Å². The molecule has 0 aromatic carbocycles. The molecule has 1 atom stereocenters. The van der Waals surface area contributed by atoms with Crippen LogP contribution < -0.4 is 10.6 Å². The number of urea groups is 1. The molecule has 3 N–H and O–H groups in total. The van der Waals surface area contributed by atoms with E-state index in [4.69, 9.17) is 5.11 Å².